The van der Waals surface area contributed by atoms with E-state index < -0.39 is 11.9 Å². The highest BCUT2D eigenvalue weighted by Crippen LogP contribution is 2.49. The number of esters is 2. The van der Waals surface area contributed by atoms with Crippen LogP contribution in [0.25, 0.3) is 5.57 Å². The number of anilines is 3. The molecular weight excluding hydrogens is 913 g/mol. The van der Waals surface area contributed by atoms with Crippen LogP contribution in [0.1, 0.15) is 22.3 Å². The van der Waals surface area contributed by atoms with Crippen LogP contribution in [0.2, 0.25) is 0 Å². The maximum absolute atomic E-state index is 13.7. The first-order valence-electron chi connectivity index (χ1n) is 23.1. The Morgan fingerprint density at radius 1 is 0.843 bits per heavy atom. The lowest BCUT2D eigenvalue weighted by molar-refractivity contribution is -0.871. The summed E-state index contributed by atoms with van der Waals surface area (Å²) in [6.45, 7) is 3.01. The maximum atomic E-state index is 13.7. The van der Waals surface area contributed by atoms with Crippen molar-refractivity contribution < 1.29 is 52.4 Å². The first-order chi connectivity index (χ1) is 33.8. The predicted molar refractivity (Wildman–Crippen MR) is 269 cm³/mol. The fourth-order valence-corrected chi connectivity index (χ4v) is 8.56. The van der Waals surface area contributed by atoms with E-state index in [0.717, 1.165) is 50.2 Å². The number of hydrogen-bond acceptors (Lipinski definition) is 15. The number of nitrogens with one attached hydrogen (secondary N) is 2. The normalized spacial score (nSPS) is 15.7. The van der Waals surface area contributed by atoms with Crippen LogP contribution < -0.4 is 43.9 Å². The van der Waals surface area contributed by atoms with Gasteiger partial charge >= 0.3 is 11.9 Å². The molecule has 368 valence electrons. The van der Waals surface area contributed by atoms with Crippen LogP contribution in [0.15, 0.2) is 107 Å². The highest BCUT2D eigenvalue weighted by Gasteiger charge is 2.32. The summed E-state index contributed by atoms with van der Waals surface area (Å²) in [5.41, 5.74) is 7.16. The number of benzene rings is 4. The number of thiocyanates is 1. The molecule has 17 heteroatoms. The van der Waals surface area contributed by atoms with Crippen molar-refractivity contribution in [1.82, 2.24) is 5.32 Å². The summed E-state index contributed by atoms with van der Waals surface area (Å²) >= 11 is 1.09. The first-order valence-corrected chi connectivity index (χ1v) is 23.9. The topological polar surface area (TPSA) is 166 Å². The number of thioether (sulfide) groups is 1. The SMILES string of the molecule is COC(=O)CN1CCOCCN(CC(=O)OC)c2cc(OCC(=O)NCCc3ccc(SC#N)cc3)c(C3=C4C=CC([NH+](C)C)C=C4Oc4cc(N(C)C)ccc43)cc2OCCOc2cc(C)ccc21. The Morgan fingerprint density at radius 3 is 2.19 bits per heavy atom. The van der Waals surface area contributed by atoms with Crippen molar-refractivity contribution in [1.29, 1.82) is 5.26 Å². The van der Waals surface area contributed by atoms with Crippen LogP contribution >= 0.6 is 11.8 Å². The quantitative estimate of drug-likeness (QED) is 0.0987. The molecule has 2 heterocycles. The number of aryl methyl sites for hydroxylation is 1. The molecule has 1 aliphatic carbocycles. The summed E-state index contributed by atoms with van der Waals surface area (Å²) in [7, 11) is 10.8. The molecular formula is C53H61N6O10S+. The predicted octanol–water partition coefficient (Wildman–Crippen LogP) is 4.98. The number of allylic oxidation sites excluding steroid dienone is 1. The Kier molecular flexibility index (Phi) is 17.3. The Hall–Kier alpha value is -7.13. The van der Waals surface area contributed by atoms with Crippen molar-refractivity contribution in [2.24, 2.45) is 0 Å². The number of amides is 1. The zero-order valence-electron chi connectivity index (χ0n) is 40.8. The van der Waals surface area contributed by atoms with Crippen molar-refractivity contribution in [3.63, 3.8) is 0 Å². The smallest absolute Gasteiger partial charge is 0.325 e. The summed E-state index contributed by atoms with van der Waals surface area (Å²) in [6, 6.07) is 23.2. The van der Waals surface area contributed by atoms with Crippen LogP contribution in [-0.2, 0) is 35.0 Å². The van der Waals surface area contributed by atoms with Crippen LogP contribution in [0.5, 0.6) is 23.0 Å². The number of likely N-dealkylation sites (N-methyl/N-ethyl adjacent to an activating group) is 1. The fourth-order valence-electron chi connectivity index (χ4n) is 8.19. The molecule has 0 spiro atoms. The van der Waals surface area contributed by atoms with Gasteiger partial charge in [-0.15, -0.1) is 0 Å². The number of carbonyl (C=O) groups excluding carboxylic acids is 3. The van der Waals surface area contributed by atoms with E-state index in [1.807, 2.05) is 97.5 Å². The fraction of sp³-hybridized carbons (Fsp3) is 0.358. The van der Waals surface area contributed by atoms with E-state index in [1.54, 1.807) is 11.0 Å². The number of hydrogen-bond donors (Lipinski definition) is 2. The van der Waals surface area contributed by atoms with E-state index in [-0.39, 0.29) is 64.6 Å². The molecule has 0 aromatic heterocycles. The number of quaternary nitrogens is 1. The van der Waals surface area contributed by atoms with Gasteiger partial charge in [0.05, 0.1) is 52.9 Å². The van der Waals surface area contributed by atoms with Gasteiger partial charge in [0, 0.05) is 84.8 Å². The largest absolute Gasteiger partial charge is 0.488 e. The van der Waals surface area contributed by atoms with Crippen molar-refractivity contribution in [3.8, 4) is 28.4 Å². The zero-order chi connectivity index (χ0) is 49.7. The minimum atomic E-state index is -0.494. The van der Waals surface area contributed by atoms with E-state index in [0.29, 0.717) is 65.2 Å². The Bertz CT molecular complexity index is 2680. The molecule has 1 atom stereocenters. The van der Waals surface area contributed by atoms with Gasteiger partial charge in [-0.3, -0.25) is 14.4 Å². The third kappa shape index (κ3) is 12.7. The van der Waals surface area contributed by atoms with Crippen LogP contribution in [0, 0.1) is 17.6 Å². The molecule has 0 fully saturated rings. The van der Waals surface area contributed by atoms with Gasteiger partial charge in [-0.2, -0.15) is 5.26 Å². The molecule has 0 bridgehead atoms. The Balaban J connectivity index is 1.31. The minimum Gasteiger partial charge on any atom is -0.488 e. The molecule has 70 heavy (non-hydrogen) atoms. The minimum absolute atomic E-state index is 0.0257. The number of ether oxygens (including phenoxy) is 7. The number of methoxy groups -OCH3 is 2. The number of rotatable bonds is 14. The van der Waals surface area contributed by atoms with Crippen LogP contribution in [-0.4, -0.2) is 132 Å². The molecule has 4 aromatic rings. The lowest BCUT2D eigenvalue weighted by Crippen LogP contribution is -3.09. The molecule has 1 amide bonds. The number of nitrogens with zero attached hydrogens (tertiary/aromatic N) is 4. The summed E-state index contributed by atoms with van der Waals surface area (Å²) in [5.74, 6) is 1.42. The van der Waals surface area contributed by atoms with Crippen molar-refractivity contribution >= 4 is 52.2 Å². The van der Waals surface area contributed by atoms with Crippen LogP contribution in [0.4, 0.5) is 17.1 Å². The van der Waals surface area contributed by atoms with Gasteiger partial charge in [-0.25, -0.2) is 0 Å². The summed E-state index contributed by atoms with van der Waals surface area (Å²) in [4.78, 5) is 47.2. The van der Waals surface area contributed by atoms with Crippen molar-refractivity contribution in [2.45, 2.75) is 24.3 Å². The monoisotopic (exact) mass is 973 g/mol. The molecule has 3 aliphatic rings. The second kappa shape index (κ2) is 23.9. The third-order valence-corrected chi connectivity index (χ3v) is 12.6. The average Bonchev–Trinajstić information content (AvgIpc) is 3.35. The van der Waals surface area contributed by atoms with E-state index in [9.17, 15) is 14.4 Å². The van der Waals surface area contributed by atoms with Gasteiger partial charge in [0.1, 0.15) is 66.5 Å². The van der Waals surface area contributed by atoms with E-state index in [1.165, 1.54) is 19.1 Å². The summed E-state index contributed by atoms with van der Waals surface area (Å²) in [5, 5.41) is 14.1. The summed E-state index contributed by atoms with van der Waals surface area (Å²) < 4.78 is 42.9. The zero-order valence-corrected chi connectivity index (χ0v) is 41.6. The first kappa shape index (κ1) is 50.7. The number of fused-ring (bicyclic) bond motifs is 4. The van der Waals surface area contributed by atoms with Crippen LogP contribution in [0.3, 0.4) is 0 Å². The Labute approximate surface area is 413 Å². The van der Waals surface area contributed by atoms with E-state index in [2.05, 4.69) is 43.0 Å². The molecule has 0 radical (unpaired) electrons. The maximum Gasteiger partial charge on any atom is 0.325 e. The van der Waals surface area contributed by atoms with Crippen molar-refractivity contribution in [2.75, 3.05) is 123 Å². The standard InChI is InChI=1S/C53H60N6O10S/c1-35-8-17-43-48(26-35)66-24-25-67-49-29-42(53-40-15-11-37(56(2)3)27-46(40)69-47-28-38(57(4)5)12-16-41(47)53)45(68-33-50(60)55-19-18-36-9-13-39(14-10-36)70-34-54)30-44(49)59(32-52(62)64-7)21-23-65-22-20-58(43)31-51(61)63-6/h8-17,26-30,37H,18-25,31-33H2,1-7H3,(H,55,60)/p+1. The molecule has 0 saturated carbocycles. The molecule has 7 rings (SSSR count). The van der Waals surface area contributed by atoms with Crippen molar-refractivity contribution in [3.05, 3.63) is 125 Å². The molecule has 2 aliphatic heterocycles. The lowest BCUT2D eigenvalue weighted by Gasteiger charge is -2.31. The molecule has 4 aromatic carbocycles. The Morgan fingerprint density at radius 2 is 1.53 bits per heavy atom. The highest BCUT2D eigenvalue weighted by atomic mass is 32.2. The third-order valence-electron chi connectivity index (χ3n) is 12.0. The van der Waals surface area contributed by atoms with Gasteiger partial charge in [0.15, 0.2) is 6.61 Å². The number of nitriles is 1. The van der Waals surface area contributed by atoms with Gasteiger partial charge < -0.3 is 58.1 Å². The van der Waals surface area contributed by atoms with E-state index in [4.69, 9.17) is 38.4 Å². The second-order valence-corrected chi connectivity index (χ2v) is 18.1. The lowest BCUT2D eigenvalue weighted by atomic mass is 9.86. The molecule has 16 nitrogen and oxygen atoms in total. The summed E-state index contributed by atoms with van der Waals surface area (Å²) in [6.07, 6.45) is 6.90. The molecule has 1 unspecified atom stereocenters. The van der Waals surface area contributed by atoms with Gasteiger partial charge in [-0.1, -0.05) is 18.2 Å². The van der Waals surface area contributed by atoms with Gasteiger partial charge in [0.2, 0.25) is 0 Å². The molecule has 0 saturated heterocycles. The van der Waals surface area contributed by atoms with Gasteiger partial charge in [-0.05, 0) is 90.8 Å². The second-order valence-electron chi connectivity index (χ2n) is 17.3. The molecule has 2 N–H and O–H groups in total. The van der Waals surface area contributed by atoms with E-state index >= 15 is 0 Å². The highest BCUT2D eigenvalue weighted by molar-refractivity contribution is 8.03. The number of carbonyl (C=O) groups is 3. The average molecular weight is 974 g/mol. The van der Waals surface area contributed by atoms with Gasteiger partial charge in [0.25, 0.3) is 5.91 Å².